The number of hydrogen-bond donors (Lipinski definition) is 1. The largest absolute Gasteiger partial charge is 0.496 e. The van der Waals surface area contributed by atoms with Gasteiger partial charge in [0, 0.05) is 65.8 Å². The molecule has 1 aromatic carbocycles. The Kier molecular flexibility index (Phi) is 5.88. The molecule has 2 aliphatic rings. The summed E-state index contributed by atoms with van der Waals surface area (Å²) in [5.41, 5.74) is 4.35. The van der Waals surface area contributed by atoms with E-state index in [2.05, 4.69) is 10.4 Å². The van der Waals surface area contributed by atoms with Crippen LogP contribution in [0.4, 0.5) is 0 Å². The van der Waals surface area contributed by atoms with Gasteiger partial charge in [0.1, 0.15) is 23.8 Å². The Morgan fingerprint density at radius 1 is 1.24 bits per heavy atom. The predicted molar refractivity (Wildman–Crippen MR) is 149 cm³/mol. The van der Waals surface area contributed by atoms with Crippen molar-refractivity contribution in [3.05, 3.63) is 52.5 Å². The number of nitrogens with one attached hydrogen (secondary N) is 1. The Morgan fingerprint density at radius 3 is 2.61 bits per heavy atom. The Labute approximate surface area is 228 Å². The van der Waals surface area contributed by atoms with Gasteiger partial charge in [0.2, 0.25) is 0 Å². The number of thiophene rings is 1. The van der Waals surface area contributed by atoms with Crippen LogP contribution in [0.5, 0.6) is 11.5 Å². The van der Waals surface area contributed by atoms with Gasteiger partial charge in [-0.05, 0) is 23.6 Å². The quantitative estimate of drug-likeness (QED) is 0.299. The van der Waals surface area contributed by atoms with Gasteiger partial charge in [0.15, 0.2) is 5.78 Å². The van der Waals surface area contributed by atoms with Gasteiger partial charge >= 0.3 is 0 Å². The molecule has 0 spiro atoms. The second-order valence-corrected chi connectivity index (χ2v) is 11.1. The fourth-order valence-electron chi connectivity index (χ4n) is 5.58. The molecule has 1 N–H and O–H groups in total. The van der Waals surface area contributed by atoms with Crippen molar-refractivity contribution >= 4 is 40.7 Å². The number of fused-ring (bicyclic) bond motifs is 3. The number of ketones is 1. The molecule has 8 nitrogen and oxygen atoms in total. The minimum absolute atomic E-state index is 0.147. The summed E-state index contributed by atoms with van der Waals surface area (Å²) in [7, 11) is 22.1. The second kappa shape index (κ2) is 8.91. The standard InChI is InChI=1S/C26H24B3N5O3S/c1-25(12-30-13-25)24(26(27,28)29)23(35)21-17-10-37-20-9-19(36-3)15(18-4-6-33(2)31-18)8-16(20)22(17)34(32-21)14-5-7-38-11-14/h4-9,11,24,30H,10,12-13H2,1-3H3. The lowest BCUT2D eigenvalue weighted by Crippen LogP contribution is -2.60. The number of benzene rings is 1. The molecule has 1 unspecified atom stereocenters. The predicted octanol–water partition coefficient (Wildman–Crippen LogP) is 2.89. The van der Waals surface area contributed by atoms with Crippen LogP contribution in [0, 0.1) is 11.3 Å². The van der Waals surface area contributed by atoms with Gasteiger partial charge in [0.05, 0.1) is 47.7 Å². The zero-order valence-corrected chi connectivity index (χ0v) is 22.2. The monoisotopic (exact) mass is 519 g/mol. The number of nitrogens with zero attached hydrogens (tertiary/aromatic N) is 4. The summed E-state index contributed by atoms with van der Waals surface area (Å²) in [5, 5.41) is 14.8. The highest BCUT2D eigenvalue weighted by atomic mass is 32.1. The number of Topliss-reactive ketones (excluding diaryl/α,β-unsaturated/α-hetero) is 1. The third kappa shape index (κ3) is 3.93. The van der Waals surface area contributed by atoms with E-state index in [4.69, 9.17) is 38.1 Å². The van der Waals surface area contributed by atoms with Gasteiger partial charge < -0.3 is 14.8 Å². The summed E-state index contributed by atoms with van der Waals surface area (Å²) >= 11 is 1.54. The molecule has 3 aromatic heterocycles. The summed E-state index contributed by atoms with van der Waals surface area (Å²) in [6.45, 7) is 3.27. The van der Waals surface area contributed by atoms with Crippen molar-refractivity contribution in [1.29, 1.82) is 0 Å². The number of methoxy groups -OCH3 is 1. The van der Waals surface area contributed by atoms with E-state index in [1.54, 1.807) is 27.8 Å². The molecule has 1 saturated heterocycles. The van der Waals surface area contributed by atoms with Crippen molar-refractivity contribution < 1.29 is 14.3 Å². The first-order valence-corrected chi connectivity index (χ1v) is 13.2. The molecule has 0 saturated carbocycles. The van der Waals surface area contributed by atoms with E-state index in [9.17, 15) is 4.79 Å². The van der Waals surface area contributed by atoms with Crippen LogP contribution >= 0.6 is 11.3 Å². The van der Waals surface area contributed by atoms with Crippen LogP contribution in [-0.4, -0.2) is 69.1 Å². The Balaban J connectivity index is 1.57. The van der Waals surface area contributed by atoms with Crippen molar-refractivity contribution in [1.82, 2.24) is 24.9 Å². The van der Waals surface area contributed by atoms with Crippen molar-refractivity contribution in [3.8, 4) is 39.7 Å². The highest BCUT2D eigenvalue weighted by Crippen LogP contribution is 2.48. The van der Waals surface area contributed by atoms with Gasteiger partial charge in [-0.25, -0.2) is 4.68 Å². The number of ether oxygens (including phenoxy) is 2. The topological polar surface area (TPSA) is 83.2 Å². The maximum atomic E-state index is 14.2. The zero-order valence-electron chi connectivity index (χ0n) is 21.4. The Hall–Kier alpha value is -3.24. The molecule has 5 heterocycles. The van der Waals surface area contributed by atoms with E-state index in [-0.39, 0.29) is 18.1 Å². The molecule has 38 heavy (non-hydrogen) atoms. The van der Waals surface area contributed by atoms with Crippen LogP contribution in [-0.2, 0) is 13.7 Å². The molecular formula is C26H24B3N5O3S. The maximum Gasteiger partial charge on any atom is 0.185 e. The van der Waals surface area contributed by atoms with Crippen LogP contribution in [0.25, 0.3) is 28.2 Å². The molecule has 0 aliphatic carbocycles. The van der Waals surface area contributed by atoms with E-state index in [1.807, 2.05) is 55.2 Å². The summed E-state index contributed by atoms with van der Waals surface area (Å²) in [6.07, 6.45) is 1.87. The summed E-state index contributed by atoms with van der Waals surface area (Å²) in [6, 6.07) is 7.70. The van der Waals surface area contributed by atoms with Crippen LogP contribution in [0.1, 0.15) is 23.0 Å². The first kappa shape index (κ1) is 25.1. The number of hydrogen-bond acceptors (Lipinski definition) is 7. The first-order valence-electron chi connectivity index (χ1n) is 12.2. The number of carbonyl (C=O) groups excluding carboxylic acids is 1. The van der Waals surface area contributed by atoms with Crippen LogP contribution in [0.2, 0.25) is 5.11 Å². The molecule has 6 rings (SSSR count). The molecule has 6 radical (unpaired) electrons. The summed E-state index contributed by atoms with van der Waals surface area (Å²) in [5.74, 6) is 0.111. The molecular weight excluding hydrogens is 495 g/mol. The maximum absolute atomic E-state index is 14.2. The number of rotatable bonds is 7. The zero-order chi connectivity index (χ0) is 26.8. The number of carbonyl (C=O) groups is 1. The molecule has 12 heteroatoms. The Morgan fingerprint density at radius 2 is 2.03 bits per heavy atom. The number of aromatic nitrogens is 4. The van der Waals surface area contributed by atoms with E-state index < -0.39 is 16.4 Å². The highest BCUT2D eigenvalue weighted by molar-refractivity contribution is 7.08. The van der Waals surface area contributed by atoms with Crippen LogP contribution < -0.4 is 14.8 Å². The van der Waals surface area contributed by atoms with Crippen LogP contribution in [0.15, 0.2) is 41.2 Å². The minimum atomic E-state index is -1.72. The highest BCUT2D eigenvalue weighted by Gasteiger charge is 2.50. The molecule has 1 atom stereocenters. The normalized spacial score (nSPS) is 16.6. The van der Waals surface area contributed by atoms with Gasteiger partial charge in [0.25, 0.3) is 0 Å². The summed E-state index contributed by atoms with van der Waals surface area (Å²) in [4.78, 5) is 14.2. The molecule has 4 aromatic rings. The molecule has 0 bridgehead atoms. The number of aryl methyl sites for hydroxylation is 1. The van der Waals surface area contributed by atoms with E-state index >= 15 is 0 Å². The minimum Gasteiger partial charge on any atom is -0.496 e. The fraction of sp³-hybridized carbons (Fsp3) is 0.346. The van der Waals surface area contributed by atoms with Crippen molar-refractivity contribution in [3.63, 3.8) is 0 Å². The first-order chi connectivity index (χ1) is 18.1. The van der Waals surface area contributed by atoms with Crippen molar-refractivity contribution in [2.45, 2.75) is 18.6 Å². The van der Waals surface area contributed by atoms with Gasteiger partial charge in [-0.1, -0.05) is 6.92 Å². The second-order valence-electron chi connectivity index (χ2n) is 10.3. The molecule has 0 amide bonds. The summed E-state index contributed by atoms with van der Waals surface area (Å²) < 4.78 is 15.4. The Bertz CT molecular complexity index is 1540. The lowest BCUT2D eigenvalue weighted by atomic mass is 9.33. The average molecular weight is 519 g/mol. The third-order valence-corrected chi connectivity index (χ3v) is 8.07. The van der Waals surface area contributed by atoms with Gasteiger partial charge in [-0.2, -0.15) is 21.5 Å². The third-order valence-electron chi connectivity index (χ3n) is 7.40. The molecule has 186 valence electrons. The van der Waals surface area contributed by atoms with Crippen molar-refractivity contribution in [2.24, 2.45) is 18.4 Å². The fourth-order valence-corrected chi connectivity index (χ4v) is 6.19. The van der Waals surface area contributed by atoms with Crippen molar-refractivity contribution in [2.75, 3.05) is 20.2 Å². The van der Waals surface area contributed by atoms with Crippen LogP contribution in [0.3, 0.4) is 0 Å². The van der Waals surface area contributed by atoms with E-state index in [0.717, 1.165) is 28.2 Å². The van der Waals surface area contributed by atoms with E-state index in [1.165, 1.54) is 0 Å². The SMILES string of the molecule is [B]C([B])([B])C(C(=O)c1nn(-c2ccsc2)c2c1COc1cc(OC)c(-c3ccn(C)n3)cc1-2)C1(C)CNC1. The lowest BCUT2D eigenvalue weighted by molar-refractivity contribution is 0.0615. The lowest BCUT2D eigenvalue weighted by Gasteiger charge is -2.50. The van der Waals surface area contributed by atoms with Gasteiger partial charge in [-0.3, -0.25) is 9.48 Å². The van der Waals surface area contributed by atoms with Gasteiger partial charge in [-0.15, -0.1) is 5.11 Å². The molecule has 2 aliphatic heterocycles. The smallest absolute Gasteiger partial charge is 0.185 e. The average Bonchev–Trinajstić information content (AvgIpc) is 3.60. The van der Waals surface area contributed by atoms with E-state index in [0.29, 0.717) is 30.2 Å². The molecule has 1 fully saturated rings.